The standard InChI is InChI=1S/C23H26FN7O2/c1-11(2)10-31-18(8-16-19(22(31)32)12(3)28-23(26)30-16)14-6-5-13(24)7-15(14)17-9-27-20(25)21(29-17)33-4/h5-7,9,11,18H,8,10H2,1-4H3,(H2,25,27)(H2,26,28,30)/t18-/m1/s1. The van der Waals surface area contributed by atoms with Gasteiger partial charge < -0.3 is 21.1 Å². The number of carbonyl (C=O) groups excluding carboxylic acids is 1. The molecule has 0 aliphatic carbocycles. The maximum atomic E-state index is 14.4. The molecule has 3 heterocycles. The van der Waals surface area contributed by atoms with Gasteiger partial charge in [-0.3, -0.25) is 4.79 Å². The predicted molar refractivity (Wildman–Crippen MR) is 122 cm³/mol. The van der Waals surface area contributed by atoms with Crippen LogP contribution in [-0.2, 0) is 6.42 Å². The Morgan fingerprint density at radius 1 is 1.24 bits per heavy atom. The quantitative estimate of drug-likeness (QED) is 0.605. The van der Waals surface area contributed by atoms with Crippen molar-refractivity contribution in [3.05, 3.63) is 52.7 Å². The summed E-state index contributed by atoms with van der Waals surface area (Å²) >= 11 is 0. The normalized spacial score (nSPS) is 15.6. The lowest BCUT2D eigenvalue weighted by Crippen LogP contribution is -2.43. The molecule has 0 radical (unpaired) electrons. The van der Waals surface area contributed by atoms with E-state index in [0.717, 1.165) is 0 Å². The Labute approximate surface area is 191 Å². The summed E-state index contributed by atoms with van der Waals surface area (Å²) < 4.78 is 19.6. The van der Waals surface area contributed by atoms with Crippen LogP contribution >= 0.6 is 0 Å². The van der Waals surface area contributed by atoms with Gasteiger partial charge in [0.1, 0.15) is 5.82 Å². The van der Waals surface area contributed by atoms with Crippen LogP contribution in [0.15, 0.2) is 24.4 Å². The van der Waals surface area contributed by atoms with Crippen molar-refractivity contribution in [2.24, 2.45) is 5.92 Å². The van der Waals surface area contributed by atoms with E-state index in [1.165, 1.54) is 25.4 Å². The van der Waals surface area contributed by atoms with Crippen LogP contribution in [0.3, 0.4) is 0 Å². The van der Waals surface area contributed by atoms with Crippen LogP contribution in [0.1, 0.15) is 47.2 Å². The number of nitrogens with two attached hydrogens (primary N) is 2. The van der Waals surface area contributed by atoms with Gasteiger partial charge in [0.2, 0.25) is 5.95 Å². The molecule has 1 aliphatic rings. The number of aromatic nitrogens is 4. The van der Waals surface area contributed by atoms with Gasteiger partial charge in [0, 0.05) is 18.5 Å². The highest BCUT2D eigenvalue weighted by atomic mass is 19.1. The molecule has 0 saturated heterocycles. The molecular formula is C23H26FN7O2. The second-order valence-corrected chi connectivity index (χ2v) is 8.44. The molecule has 1 aliphatic heterocycles. The van der Waals surface area contributed by atoms with Crippen LogP contribution in [0.25, 0.3) is 11.3 Å². The van der Waals surface area contributed by atoms with Gasteiger partial charge in [0.15, 0.2) is 5.82 Å². The lowest BCUT2D eigenvalue weighted by Gasteiger charge is -2.38. The number of carbonyl (C=O) groups is 1. The number of methoxy groups -OCH3 is 1. The first-order valence-corrected chi connectivity index (χ1v) is 10.6. The number of nitrogens with zero attached hydrogens (tertiary/aromatic N) is 5. The second-order valence-electron chi connectivity index (χ2n) is 8.44. The van der Waals surface area contributed by atoms with Crippen LogP contribution in [0.5, 0.6) is 5.88 Å². The van der Waals surface area contributed by atoms with E-state index in [0.29, 0.717) is 46.7 Å². The van der Waals surface area contributed by atoms with Crippen molar-refractivity contribution in [3.63, 3.8) is 0 Å². The zero-order valence-electron chi connectivity index (χ0n) is 19.0. The van der Waals surface area contributed by atoms with Gasteiger partial charge in [-0.25, -0.2) is 24.3 Å². The number of nitrogen functional groups attached to an aromatic ring is 2. The van der Waals surface area contributed by atoms with E-state index in [2.05, 4.69) is 19.9 Å². The highest BCUT2D eigenvalue weighted by molar-refractivity contribution is 5.98. The third-order valence-electron chi connectivity index (χ3n) is 5.59. The maximum Gasteiger partial charge on any atom is 0.258 e. The van der Waals surface area contributed by atoms with E-state index in [9.17, 15) is 9.18 Å². The number of aryl methyl sites for hydroxylation is 1. The van der Waals surface area contributed by atoms with Gasteiger partial charge in [0.05, 0.1) is 42.0 Å². The number of ether oxygens (including phenoxy) is 1. The van der Waals surface area contributed by atoms with Crippen molar-refractivity contribution >= 4 is 17.7 Å². The van der Waals surface area contributed by atoms with Crippen molar-refractivity contribution in [2.75, 3.05) is 25.1 Å². The van der Waals surface area contributed by atoms with Gasteiger partial charge in [-0.2, -0.15) is 0 Å². The largest absolute Gasteiger partial charge is 0.478 e. The summed E-state index contributed by atoms with van der Waals surface area (Å²) in [6, 6.07) is 4.00. The maximum absolute atomic E-state index is 14.4. The van der Waals surface area contributed by atoms with Crippen LogP contribution in [0.2, 0.25) is 0 Å². The predicted octanol–water partition coefficient (Wildman–Crippen LogP) is 2.95. The molecule has 1 aromatic carbocycles. The number of benzene rings is 1. The molecule has 0 saturated carbocycles. The number of anilines is 2. The second kappa shape index (κ2) is 8.61. The van der Waals surface area contributed by atoms with Gasteiger partial charge in [0.25, 0.3) is 11.8 Å². The highest BCUT2D eigenvalue weighted by Crippen LogP contribution is 2.39. The highest BCUT2D eigenvalue weighted by Gasteiger charge is 2.37. The molecule has 1 amide bonds. The van der Waals surface area contributed by atoms with Crippen molar-refractivity contribution in [1.82, 2.24) is 24.8 Å². The number of rotatable bonds is 5. The molecule has 0 unspecified atom stereocenters. The first-order valence-electron chi connectivity index (χ1n) is 10.6. The van der Waals surface area contributed by atoms with Gasteiger partial charge in [-0.15, -0.1) is 0 Å². The third kappa shape index (κ3) is 4.15. The zero-order chi connectivity index (χ0) is 23.9. The van der Waals surface area contributed by atoms with E-state index in [-0.39, 0.29) is 29.5 Å². The Morgan fingerprint density at radius 3 is 2.70 bits per heavy atom. The van der Waals surface area contributed by atoms with Crippen LogP contribution in [0, 0.1) is 18.7 Å². The molecule has 0 spiro atoms. The smallest absolute Gasteiger partial charge is 0.258 e. The van der Waals surface area contributed by atoms with Crippen molar-refractivity contribution in [2.45, 2.75) is 33.2 Å². The van der Waals surface area contributed by atoms with Crippen LogP contribution in [-0.4, -0.2) is 44.4 Å². The number of hydrogen-bond acceptors (Lipinski definition) is 8. The Balaban J connectivity index is 1.90. The summed E-state index contributed by atoms with van der Waals surface area (Å²) in [5.74, 6) is -0.0275. The van der Waals surface area contributed by atoms with E-state index in [4.69, 9.17) is 16.2 Å². The Bertz CT molecular complexity index is 1230. The number of amides is 1. The van der Waals surface area contributed by atoms with E-state index >= 15 is 0 Å². The van der Waals surface area contributed by atoms with Crippen molar-refractivity contribution in [3.8, 4) is 17.1 Å². The summed E-state index contributed by atoms with van der Waals surface area (Å²) in [7, 11) is 1.43. The summed E-state index contributed by atoms with van der Waals surface area (Å²) in [5.41, 5.74) is 14.9. The lowest BCUT2D eigenvalue weighted by molar-refractivity contribution is 0.0615. The zero-order valence-corrected chi connectivity index (χ0v) is 19.0. The average molecular weight is 452 g/mol. The van der Waals surface area contributed by atoms with E-state index in [1.54, 1.807) is 17.9 Å². The molecule has 1 atom stereocenters. The van der Waals surface area contributed by atoms with Gasteiger partial charge >= 0.3 is 0 Å². The van der Waals surface area contributed by atoms with Crippen molar-refractivity contribution in [1.29, 1.82) is 0 Å². The minimum Gasteiger partial charge on any atom is -0.478 e. The number of fused-ring (bicyclic) bond motifs is 1. The SMILES string of the molecule is COc1nc(-c2cc(F)ccc2[C@H]2Cc3nc(N)nc(C)c3C(=O)N2CC(C)C)cnc1N. The Morgan fingerprint density at radius 2 is 2.00 bits per heavy atom. The molecule has 0 fully saturated rings. The fourth-order valence-electron chi connectivity index (χ4n) is 4.24. The van der Waals surface area contributed by atoms with E-state index < -0.39 is 11.9 Å². The third-order valence-corrected chi connectivity index (χ3v) is 5.59. The molecule has 0 bridgehead atoms. The van der Waals surface area contributed by atoms with Gasteiger partial charge in [-0.05, 0) is 30.5 Å². The number of halogens is 1. The summed E-state index contributed by atoms with van der Waals surface area (Å²) in [6.45, 7) is 6.32. The topological polar surface area (TPSA) is 133 Å². The molecule has 10 heteroatoms. The molecule has 9 nitrogen and oxygen atoms in total. The Kier molecular flexibility index (Phi) is 5.84. The molecule has 4 rings (SSSR count). The fourth-order valence-corrected chi connectivity index (χ4v) is 4.24. The van der Waals surface area contributed by atoms with Gasteiger partial charge in [-0.1, -0.05) is 19.9 Å². The average Bonchev–Trinajstić information content (AvgIpc) is 2.75. The first-order chi connectivity index (χ1) is 15.7. The molecule has 33 heavy (non-hydrogen) atoms. The summed E-state index contributed by atoms with van der Waals surface area (Å²) in [5, 5.41) is 0. The Hall–Kier alpha value is -3.82. The monoisotopic (exact) mass is 451 g/mol. The number of hydrogen-bond donors (Lipinski definition) is 2. The summed E-state index contributed by atoms with van der Waals surface area (Å²) in [4.78, 5) is 32.5. The van der Waals surface area contributed by atoms with Crippen molar-refractivity contribution < 1.29 is 13.9 Å². The van der Waals surface area contributed by atoms with E-state index in [1.807, 2.05) is 13.8 Å². The minimum atomic E-state index is -0.438. The molecule has 172 valence electrons. The van der Waals surface area contributed by atoms with Crippen LogP contribution in [0.4, 0.5) is 16.2 Å². The molecular weight excluding hydrogens is 425 g/mol. The molecule has 3 aromatic rings. The van der Waals surface area contributed by atoms with Crippen LogP contribution < -0.4 is 16.2 Å². The molecule has 2 aromatic heterocycles. The lowest BCUT2D eigenvalue weighted by atomic mass is 9.88. The molecule has 4 N–H and O–H groups in total. The fraction of sp³-hybridized carbons (Fsp3) is 0.348. The minimum absolute atomic E-state index is 0.114. The summed E-state index contributed by atoms with van der Waals surface area (Å²) in [6.07, 6.45) is 1.87. The first kappa shape index (κ1) is 22.4.